The van der Waals surface area contributed by atoms with E-state index in [2.05, 4.69) is 16.6 Å². The third-order valence-corrected chi connectivity index (χ3v) is 3.68. The molecule has 0 amide bonds. The van der Waals surface area contributed by atoms with Crippen molar-refractivity contribution in [2.45, 2.75) is 19.4 Å². The molecule has 0 saturated carbocycles. The van der Waals surface area contributed by atoms with Crippen LogP contribution >= 0.6 is 0 Å². The Balaban J connectivity index is 1.84. The summed E-state index contributed by atoms with van der Waals surface area (Å²) >= 11 is 0. The maximum Gasteiger partial charge on any atom is 0.161 e. The van der Waals surface area contributed by atoms with Gasteiger partial charge in [0.1, 0.15) is 13.2 Å². The zero-order valence-electron chi connectivity index (χ0n) is 12.3. The first-order valence-electron chi connectivity index (χ1n) is 7.02. The second-order valence-electron chi connectivity index (χ2n) is 5.23. The third kappa shape index (κ3) is 2.86. The third-order valence-electron chi connectivity index (χ3n) is 3.68. The smallest absolute Gasteiger partial charge is 0.161 e. The van der Waals surface area contributed by atoms with Crippen LogP contribution in [0.3, 0.4) is 0 Å². The van der Waals surface area contributed by atoms with Gasteiger partial charge in [-0.15, -0.1) is 0 Å². The van der Waals surface area contributed by atoms with Crippen LogP contribution in [0.25, 0.3) is 0 Å². The van der Waals surface area contributed by atoms with Crippen molar-refractivity contribution < 1.29 is 9.47 Å². The summed E-state index contributed by atoms with van der Waals surface area (Å²) in [6, 6.07) is 8.00. The lowest BCUT2D eigenvalue weighted by molar-refractivity contribution is 0.171. The van der Waals surface area contributed by atoms with Crippen LogP contribution in [0.2, 0.25) is 0 Å². The van der Waals surface area contributed by atoms with Gasteiger partial charge in [-0.1, -0.05) is 6.07 Å². The number of hydrogen-bond acceptors (Lipinski definition) is 5. The normalized spacial score (nSPS) is 15.0. The van der Waals surface area contributed by atoms with Crippen molar-refractivity contribution in [3.05, 3.63) is 41.2 Å². The lowest BCUT2D eigenvalue weighted by Crippen LogP contribution is -2.30. The Morgan fingerprint density at radius 2 is 2.05 bits per heavy atom. The van der Waals surface area contributed by atoms with Crippen molar-refractivity contribution in [2.24, 2.45) is 12.9 Å². The highest BCUT2D eigenvalue weighted by atomic mass is 16.6. The molecule has 3 N–H and O–H groups in total. The van der Waals surface area contributed by atoms with Crippen molar-refractivity contribution in [3.8, 4) is 11.5 Å². The average molecular weight is 288 g/mol. The molecule has 21 heavy (non-hydrogen) atoms. The number of hydrogen-bond donors (Lipinski definition) is 2. The van der Waals surface area contributed by atoms with E-state index in [1.54, 1.807) is 0 Å². The Labute approximate surface area is 123 Å². The number of benzene rings is 1. The van der Waals surface area contributed by atoms with Crippen LogP contribution in [0, 0.1) is 6.92 Å². The summed E-state index contributed by atoms with van der Waals surface area (Å²) in [6.07, 6.45) is 0.757. The first-order chi connectivity index (χ1) is 10.2. The van der Waals surface area contributed by atoms with E-state index in [4.69, 9.17) is 15.3 Å². The summed E-state index contributed by atoms with van der Waals surface area (Å²) in [4.78, 5) is 0. The number of hydrazine groups is 1. The minimum Gasteiger partial charge on any atom is -0.486 e. The molecule has 0 aliphatic carbocycles. The molecule has 1 aliphatic rings. The number of aromatic nitrogens is 2. The van der Waals surface area contributed by atoms with Gasteiger partial charge in [-0.3, -0.25) is 16.0 Å². The fourth-order valence-corrected chi connectivity index (χ4v) is 2.61. The van der Waals surface area contributed by atoms with Crippen LogP contribution in [-0.2, 0) is 13.5 Å². The molecule has 1 aromatic heterocycles. The summed E-state index contributed by atoms with van der Waals surface area (Å²) in [7, 11) is 1.94. The lowest BCUT2D eigenvalue weighted by atomic mass is 10.0. The summed E-state index contributed by atoms with van der Waals surface area (Å²) in [6.45, 7) is 3.16. The van der Waals surface area contributed by atoms with Gasteiger partial charge in [0.15, 0.2) is 11.5 Å². The molecule has 1 atom stereocenters. The molecule has 2 heterocycles. The van der Waals surface area contributed by atoms with Crippen LogP contribution in [0.4, 0.5) is 0 Å². The van der Waals surface area contributed by atoms with E-state index in [1.165, 1.54) is 0 Å². The molecular weight excluding hydrogens is 268 g/mol. The van der Waals surface area contributed by atoms with Crippen LogP contribution in [0.1, 0.15) is 23.0 Å². The number of fused-ring (bicyclic) bond motifs is 1. The zero-order chi connectivity index (χ0) is 14.8. The van der Waals surface area contributed by atoms with Gasteiger partial charge in [0.05, 0.1) is 11.7 Å². The van der Waals surface area contributed by atoms with Gasteiger partial charge >= 0.3 is 0 Å². The van der Waals surface area contributed by atoms with E-state index in [9.17, 15) is 0 Å². The summed E-state index contributed by atoms with van der Waals surface area (Å²) in [5.74, 6) is 7.30. The van der Waals surface area contributed by atoms with Crippen molar-refractivity contribution in [3.63, 3.8) is 0 Å². The summed E-state index contributed by atoms with van der Waals surface area (Å²) in [5, 5.41) is 4.37. The Hall–Kier alpha value is -2.05. The van der Waals surface area contributed by atoms with Crippen molar-refractivity contribution in [2.75, 3.05) is 13.2 Å². The molecule has 0 spiro atoms. The van der Waals surface area contributed by atoms with E-state index in [1.807, 2.05) is 36.9 Å². The number of nitrogens with two attached hydrogens (primary N) is 1. The second kappa shape index (κ2) is 5.75. The lowest BCUT2D eigenvalue weighted by Gasteiger charge is -2.22. The number of ether oxygens (including phenoxy) is 2. The van der Waals surface area contributed by atoms with Crippen LogP contribution in [0.5, 0.6) is 11.5 Å². The molecule has 1 aliphatic heterocycles. The van der Waals surface area contributed by atoms with Crippen LogP contribution < -0.4 is 20.7 Å². The van der Waals surface area contributed by atoms with E-state index >= 15 is 0 Å². The van der Waals surface area contributed by atoms with Gasteiger partial charge in [-0.2, -0.15) is 5.10 Å². The van der Waals surface area contributed by atoms with Gasteiger partial charge in [0.25, 0.3) is 0 Å². The molecule has 3 rings (SSSR count). The van der Waals surface area contributed by atoms with Crippen LogP contribution in [0.15, 0.2) is 24.3 Å². The quantitative estimate of drug-likeness (QED) is 0.654. The van der Waals surface area contributed by atoms with Gasteiger partial charge in [0.2, 0.25) is 0 Å². The SMILES string of the molecule is Cc1cc(CC(NN)c2ccc3c(c2)OCCO3)n(C)n1. The maximum atomic E-state index is 5.73. The minimum absolute atomic E-state index is 0.00405. The number of aryl methyl sites for hydroxylation is 2. The molecule has 6 heteroatoms. The predicted molar refractivity (Wildman–Crippen MR) is 79.1 cm³/mol. The Kier molecular flexibility index (Phi) is 3.81. The highest BCUT2D eigenvalue weighted by molar-refractivity contribution is 5.44. The summed E-state index contributed by atoms with van der Waals surface area (Å²) in [5.41, 5.74) is 6.08. The van der Waals surface area contributed by atoms with E-state index in [0.717, 1.165) is 34.9 Å². The zero-order valence-corrected chi connectivity index (χ0v) is 12.3. The van der Waals surface area contributed by atoms with E-state index in [0.29, 0.717) is 13.2 Å². The largest absolute Gasteiger partial charge is 0.486 e. The average Bonchev–Trinajstić information content (AvgIpc) is 2.82. The number of rotatable bonds is 4. The fourth-order valence-electron chi connectivity index (χ4n) is 2.61. The minimum atomic E-state index is -0.00405. The molecule has 112 valence electrons. The van der Waals surface area contributed by atoms with Gasteiger partial charge in [0, 0.05) is 19.2 Å². The number of nitrogens with one attached hydrogen (secondary N) is 1. The second-order valence-corrected chi connectivity index (χ2v) is 5.23. The topological polar surface area (TPSA) is 74.3 Å². The summed E-state index contributed by atoms with van der Waals surface area (Å²) < 4.78 is 13.1. The maximum absolute atomic E-state index is 5.73. The van der Waals surface area contributed by atoms with Gasteiger partial charge in [-0.25, -0.2) is 0 Å². The molecule has 0 fully saturated rings. The fraction of sp³-hybridized carbons (Fsp3) is 0.400. The molecule has 6 nitrogen and oxygen atoms in total. The Bertz CT molecular complexity index is 639. The highest BCUT2D eigenvalue weighted by Gasteiger charge is 2.18. The molecule has 0 radical (unpaired) electrons. The van der Waals surface area contributed by atoms with Crippen molar-refractivity contribution >= 4 is 0 Å². The molecule has 2 aromatic rings. The predicted octanol–water partition coefficient (Wildman–Crippen LogP) is 1.25. The molecular formula is C15H20N4O2. The monoisotopic (exact) mass is 288 g/mol. The molecule has 0 saturated heterocycles. The molecule has 0 bridgehead atoms. The number of nitrogens with zero attached hydrogens (tertiary/aromatic N) is 2. The Morgan fingerprint density at radius 1 is 1.29 bits per heavy atom. The van der Waals surface area contributed by atoms with Crippen molar-refractivity contribution in [1.29, 1.82) is 0 Å². The van der Waals surface area contributed by atoms with E-state index < -0.39 is 0 Å². The molecule has 1 aromatic carbocycles. The van der Waals surface area contributed by atoms with Gasteiger partial charge in [-0.05, 0) is 30.7 Å². The molecule has 1 unspecified atom stereocenters. The van der Waals surface area contributed by atoms with Gasteiger partial charge < -0.3 is 9.47 Å². The van der Waals surface area contributed by atoms with Crippen molar-refractivity contribution in [1.82, 2.24) is 15.2 Å². The van der Waals surface area contributed by atoms with E-state index in [-0.39, 0.29) is 6.04 Å². The standard InChI is InChI=1S/C15H20N4O2/c1-10-7-12(19(2)18-10)9-13(17-16)11-3-4-14-15(8-11)21-6-5-20-14/h3-4,7-8,13,17H,5-6,9,16H2,1-2H3. The first kappa shape index (κ1) is 13.9. The highest BCUT2D eigenvalue weighted by Crippen LogP contribution is 2.33. The Morgan fingerprint density at radius 3 is 2.71 bits per heavy atom. The first-order valence-corrected chi connectivity index (χ1v) is 7.02. The van der Waals surface area contributed by atoms with Crippen LogP contribution in [-0.4, -0.2) is 23.0 Å².